The number of imidazole rings is 1. The Morgan fingerprint density at radius 2 is 1.78 bits per heavy atom. The van der Waals surface area contributed by atoms with E-state index in [4.69, 9.17) is 9.72 Å². The van der Waals surface area contributed by atoms with E-state index < -0.39 is 0 Å². The van der Waals surface area contributed by atoms with Gasteiger partial charge in [0.05, 0.1) is 29.8 Å². The Balaban J connectivity index is 1.19. The van der Waals surface area contributed by atoms with Crippen LogP contribution in [0.15, 0.2) is 42.6 Å². The third-order valence-corrected chi connectivity index (χ3v) is 7.20. The number of nitrogens with zero attached hydrogens (tertiary/aromatic N) is 6. The Labute approximate surface area is 215 Å². The highest BCUT2D eigenvalue weighted by molar-refractivity contribution is 5.98. The van der Waals surface area contributed by atoms with E-state index in [9.17, 15) is 4.79 Å². The van der Waals surface area contributed by atoms with Gasteiger partial charge in [0.1, 0.15) is 0 Å². The maximum Gasteiger partial charge on any atom is 0.254 e. The second-order valence-electron chi connectivity index (χ2n) is 9.91. The Morgan fingerprint density at radius 3 is 2.57 bits per heavy atom. The first-order chi connectivity index (χ1) is 18.0. The molecule has 37 heavy (non-hydrogen) atoms. The molecule has 10 nitrogen and oxygen atoms in total. The van der Waals surface area contributed by atoms with Gasteiger partial charge in [-0.05, 0) is 44.2 Å². The molecule has 4 heterocycles. The van der Waals surface area contributed by atoms with Crippen molar-refractivity contribution in [2.75, 3.05) is 62.7 Å². The fraction of sp³-hybridized carbons (Fsp3) is 0.407. The van der Waals surface area contributed by atoms with Gasteiger partial charge in [-0.1, -0.05) is 6.07 Å². The van der Waals surface area contributed by atoms with Crippen molar-refractivity contribution in [2.45, 2.75) is 19.9 Å². The number of nitrogens with one attached hydrogen (secondary N) is 2. The molecule has 192 valence electrons. The van der Waals surface area contributed by atoms with Crippen molar-refractivity contribution in [3.8, 4) is 0 Å². The molecule has 4 aromatic rings. The first-order valence-corrected chi connectivity index (χ1v) is 12.9. The molecule has 2 aliphatic heterocycles. The molecule has 0 saturated carbocycles. The molecule has 2 aromatic carbocycles. The van der Waals surface area contributed by atoms with Crippen molar-refractivity contribution in [2.24, 2.45) is 0 Å². The van der Waals surface area contributed by atoms with Crippen LogP contribution in [0.4, 0.5) is 17.6 Å². The number of morpholine rings is 1. The van der Waals surface area contributed by atoms with Gasteiger partial charge in [0.15, 0.2) is 0 Å². The number of hydrogen-bond acceptors (Lipinski definition) is 8. The number of rotatable bonds is 5. The van der Waals surface area contributed by atoms with Gasteiger partial charge in [-0.15, -0.1) is 0 Å². The van der Waals surface area contributed by atoms with Crippen molar-refractivity contribution in [1.29, 1.82) is 0 Å². The van der Waals surface area contributed by atoms with E-state index in [-0.39, 0.29) is 5.91 Å². The van der Waals surface area contributed by atoms with Crippen LogP contribution in [0.5, 0.6) is 0 Å². The minimum absolute atomic E-state index is 0.00411. The predicted molar refractivity (Wildman–Crippen MR) is 145 cm³/mol. The fourth-order valence-electron chi connectivity index (χ4n) is 4.97. The van der Waals surface area contributed by atoms with E-state index >= 15 is 0 Å². The molecule has 0 radical (unpaired) electrons. The van der Waals surface area contributed by atoms with E-state index in [1.54, 1.807) is 6.20 Å². The average Bonchev–Trinajstić information content (AvgIpc) is 3.36. The van der Waals surface area contributed by atoms with Gasteiger partial charge in [-0.3, -0.25) is 9.69 Å². The minimum Gasteiger partial charge on any atom is -0.378 e. The predicted octanol–water partition coefficient (Wildman–Crippen LogP) is 3.25. The SMILES string of the molecule is CC(C)N1CCN(c2nc3ccc(Nc4ncc5ccc(C(=O)N6CCOCC6)cc5n4)cc3[nH]2)CC1. The second-order valence-corrected chi connectivity index (χ2v) is 9.91. The van der Waals surface area contributed by atoms with Crippen LogP contribution in [0.3, 0.4) is 0 Å². The maximum atomic E-state index is 12.9. The third-order valence-electron chi connectivity index (χ3n) is 7.20. The van der Waals surface area contributed by atoms with Gasteiger partial charge in [0, 0.05) is 68.1 Å². The van der Waals surface area contributed by atoms with Crippen LogP contribution >= 0.6 is 0 Å². The summed E-state index contributed by atoms with van der Waals surface area (Å²) in [4.78, 5) is 37.0. The summed E-state index contributed by atoms with van der Waals surface area (Å²) in [6.45, 7) is 10.9. The Kier molecular flexibility index (Phi) is 6.35. The smallest absolute Gasteiger partial charge is 0.254 e. The van der Waals surface area contributed by atoms with E-state index in [2.05, 4.69) is 43.9 Å². The number of anilines is 3. The Hall–Kier alpha value is -3.76. The highest BCUT2D eigenvalue weighted by atomic mass is 16.5. The number of H-pyrrole nitrogens is 1. The van der Waals surface area contributed by atoms with Crippen molar-refractivity contribution >= 4 is 45.4 Å². The first kappa shape index (κ1) is 23.6. The van der Waals surface area contributed by atoms with Crippen molar-refractivity contribution in [3.63, 3.8) is 0 Å². The summed E-state index contributed by atoms with van der Waals surface area (Å²) in [5, 5.41) is 4.19. The van der Waals surface area contributed by atoms with Crippen molar-refractivity contribution < 1.29 is 9.53 Å². The van der Waals surface area contributed by atoms with E-state index in [1.807, 2.05) is 41.3 Å². The summed E-state index contributed by atoms with van der Waals surface area (Å²) in [6.07, 6.45) is 1.78. The van der Waals surface area contributed by atoms with E-state index in [0.29, 0.717) is 43.9 Å². The summed E-state index contributed by atoms with van der Waals surface area (Å²) < 4.78 is 5.37. The van der Waals surface area contributed by atoms with Crippen LogP contribution in [0, 0.1) is 0 Å². The van der Waals surface area contributed by atoms with Gasteiger partial charge in [0.25, 0.3) is 5.91 Å². The molecule has 6 rings (SSSR count). The number of fused-ring (bicyclic) bond motifs is 2. The van der Waals surface area contributed by atoms with Crippen LogP contribution in [0.2, 0.25) is 0 Å². The molecule has 0 bridgehead atoms. The average molecular weight is 501 g/mol. The second kappa shape index (κ2) is 9.95. The molecule has 0 spiro atoms. The molecule has 2 fully saturated rings. The zero-order valence-electron chi connectivity index (χ0n) is 21.3. The normalized spacial score (nSPS) is 17.2. The molecule has 2 N–H and O–H groups in total. The molecule has 2 saturated heterocycles. The Bertz CT molecular complexity index is 1420. The number of piperazine rings is 1. The van der Waals surface area contributed by atoms with E-state index in [0.717, 1.165) is 59.8 Å². The number of carbonyl (C=O) groups excluding carboxylic acids is 1. The van der Waals surface area contributed by atoms with E-state index in [1.165, 1.54) is 0 Å². The lowest BCUT2D eigenvalue weighted by Crippen LogP contribution is -2.49. The third kappa shape index (κ3) is 4.94. The lowest BCUT2D eigenvalue weighted by molar-refractivity contribution is 0.0303. The topological polar surface area (TPSA) is 103 Å². The number of amides is 1. The summed E-state index contributed by atoms with van der Waals surface area (Å²) in [6, 6.07) is 12.2. The number of carbonyl (C=O) groups is 1. The molecule has 2 aliphatic rings. The van der Waals surface area contributed by atoms with Crippen LogP contribution in [-0.4, -0.2) is 94.2 Å². The minimum atomic E-state index is 0.00411. The molecule has 10 heteroatoms. The summed E-state index contributed by atoms with van der Waals surface area (Å²) in [5.74, 6) is 1.40. The van der Waals surface area contributed by atoms with Crippen LogP contribution in [-0.2, 0) is 4.74 Å². The van der Waals surface area contributed by atoms with Crippen LogP contribution in [0.1, 0.15) is 24.2 Å². The monoisotopic (exact) mass is 500 g/mol. The molecular weight excluding hydrogens is 468 g/mol. The zero-order valence-corrected chi connectivity index (χ0v) is 21.3. The highest BCUT2D eigenvalue weighted by Crippen LogP contribution is 2.24. The summed E-state index contributed by atoms with van der Waals surface area (Å²) >= 11 is 0. The number of aromatic amines is 1. The van der Waals surface area contributed by atoms with Crippen LogP contribution < -0.4 is 10.2 Å². The Morgan fingerprint density at radius 1 is 0.973 bits per heavy atom. The van der Waals surface area contributed by atoms with Gasteiger partial charge in [0.2, 0.25) is 11.9 Å². The van der Waals surface area contributed by atoms with Gasteiger partial charge in [-0.2, -0.15) is 0 Å². The summed E-state index contributed by atoms with van der Waals surface area (Å²) in [7, 11) is 0. The number of aromatic nitrogens is 4. The quantitative estimate of drug-likeness (QED) is 0.431. The summed E-state index contributed by atoms with van der Waals surface area (Å²) in [5.41, 5.74) is 4.11. The maximum absolute atomic E-state index is 12.9. The fourth-order valence-corrected chi connectivity index (χ4v) is 4.97. The molecule has 1 amide bonds. The lowest BCUT2D eigenvalue weighted by Gasteiger charge is -2.36. The molecule has 2 aromatic heterocycles. The van der Waals surface area contributed by atoms with Crippen LogP contribution in [0.25, 0.3) is 21.9 Å². The molecule has 0 aliphatic carbocycles. The van der Waals surface area contributed by atoms with Crippen molar-refractivity contribution in [3.05, 3.63) is 48.2 Å². The first-order valence-electron chi connectivity index (χ1n) is 12.9. The molecule has 0 unspecified atom stereocenters. The van der Waals surface area contributed by atoms with Gasteiger partial charge < -0.3 is 24.8 Å². The standard InChI is InChI=1S/C27H32N8O2/c1-18(2)33-7-9-35(10-8-33)27-31-22-6-5-21(16-24(22)32-27)29-26-28-17-20-4-3-19(15-23(20)30-26)25(36)34-11-13-37-14-12-34/h3-6,15-18H,7-14H2,1-2H3,(H,31,32)(H,28,29,30). The number of hydrogen-bond donors (Lipinski definition) is 2. The van der Waals surface area contributed by atoms with Gasteiger partial charge in [-0.25, -0.2) is 15.0 Å². The lowest BCUT2D eigenvalue weighted by atomic mass is 10.1. The zero-order chi connectivity index (χ0) is 25.4. The number of ether oxygens (including phenoxy) is 1. The van der Waals surface area contributed by atoms with Crippen molar-refractivity contribution in [1.82, 2.24) is 29.7 Å². The highest BCUT2D eigenvalue weighted by Gasteiger charge is 2.21. The number of benzene rings is 2. The largest absolute Gasteiger partial charge is 0.378 e. The molecular formula is C27H32N8O2. The van der Waals surface area contributed by atoms with Gasteiger partial charge >= 0.3 is 0 Å². The molecule has 0 atom stereocenters.